The first kappa shape index (κ1) is 12.6. The van der Waals surface area contributed by atoms with Crippen LogP contribution in [0.2, 0.25) is 0 Å². The van der Waals surface area contributed by atoms with Gasteiger partial charge in [0, 0.05) is 12.1 Å². The molecule has 2 aromatic rings. The van der Waals surface area contributed by atoms with Gasteiger partial charge in [-0.05, 0) is 36.4 Å². The Labute approximate surface area is 103 Å². The largest absolute Gasteiger partial charge is 0.316 e. The Morgan fingerprint density at radius 2 is 1.78 bits per heavy atom. The lowest BCUT2D eigenvalue weighted by atomic mass is 9.99. The molecule has 2 aromatic carbocycles. The van der Waals surface area contributed by atoms with Gasteiger partial charge in [-0.25, -0.2) is 13.2 Å². The van der Waals surface area contributed by atoms with E-state index in [1.165, 1.54) is 30.3 Å². The lowest BCUT2D eigenvalue weighted by molar-refractivity contribution is 0.511. The maximum absolute atomic E-state index is 13.7. The Kier molecular flexibility index (Phi) is 3.67. The summed E-state index contributed by atoms with van der Waals surface area (Å²) in [6.07, 6.45) is 0. The van der Waals surface area contributed by atoms with Gasteiger partial charge in [-0.3, -0.25) is 0 Å². The molecule has 1 N–H and O–H groups in total. The molecule has 0 amide bonds. The van der Waals surface area contributed by atoms with Crippen LogP contribution in [0.4, 0.5) is 13.2 Å². The first-order valence-electron chi connectivity index (χ1n) is 5.51. The number of rotatable bonds is 3. The summed E-state index contributed by atoms with van der Waals surface area (Å²) >= 11 is 0. The molecule has 0 spiro atoms. The third-order valence-corrected chi connectivity index (χ3v) is 2.68. The monoisotopic (exact) mass is 251 g/mol. The van der Waals surface area contributed by atoms with Crippen molar-refractivity contribution < 1.29 is 13.2 Å². The highest BCUT2D eigenvalue weighted by molar-refractivity contribution is 5.68. The van der Waals surface area contributed by atoms with Crippen LogP contribution in [0.5, 0.6) is 0 Å². The average Bonchev–Trinajstić information content (AvgIpc) is 2.34. The van der Waals surface area contributed by atoms with Crippen molar-refractivity contribution >= 4 is 0 Å². The van der Waals surface area contributed by atoms with Gasteiger partial charge in [-0.15, -0.1) is 0 Å². The van der Waals surface area contributed by atoms with Gasteiger partial charge < -0.3 is 5.32 Å². The van der Waals surface area contributed by atoms with Crippen LogP contribution >= 0.6 is 0 Å². The number of benzene rings is 2. The smallest absolute Gasteiger partial charge is 0.166 e. The maximum atomic E-state index is 13.7. The van der Waals surface area contributed by atoms with Gasteiger partial charge in [0.25, 0.3) is 0 Å². The van der Waals surface area contributed by atoms with Crippen molar-refractivity contribution in [2.75, 3.05) is 7.05 Å². The van der Waals surface area contributed by atoms with Gasteiger partial charge in [0.05, 0.1) is 0 Å². The van der Waals surface area contributed by atoms with Crippen LogP contribution in [-0.2, 0) is 6.54 Å². The molecule has 0 saturated carbocycles. The van der Waals surface area contributed by atoms with Crippen LogP contribution in [0.1, 0.15) is 5.56 Å². The normalized spacial score (nSPS) is 10.7. The summed E-state index contributed by atoms with van der Waals surface area (Å²) in [6, 6.07) is 7.97. The molecule has 0 radical (unpaired) electrons. The Hall–Kier alpha value is -1.81. The molecule has 0 aliphatic carbocycles. The molecule has 0 atom stereocenters. The molecule has 4 heteroatoms. The fourth-order valence-corrected chi connectivity index (χ4v) is 1.87. The van der Waals surface area contributed by atoms with Crippen molar-refractivity contribution in [2.45, 2.75) is 6.54 Å². The second-order valence-corrected chi connectivity index (χ2v) is 3.93. The summed E-state index contributed by atoms with van der Waals surface area (Å²) in [5.74, 6) is -2.23. The van der Waals surface area contributed by atoms with Gasteiger partial charge in [0.15, 0.2) is 11.6 Å². The van der Waals surface area contributed by atoms with E-state index >= 15 is 0 Å². The minimum atomic E-state index is -0.915. The van der Waals surface area contributed by atoms with Crippen molar-refractivity contribution in [3.05, 3.63) is 59.4 Å². The fraction of sp³-hybridized carbons (Fsp3) is 0.143. The number of nitrogens with one attached hydrogen (secondary N) is 1. The van der Waals surface area contributed by atoms with Crippen molar-refractivity contribution in [1.29, 1.82) is 0 Å². The van der Waals surface area contributed by atoms with Crippen molar-refractivity contribution in [3.63, 3.8) is 0 Å². The Balaban J connectivity index is 2.59. The molecule has 0 heterocycles. The molecule has 0 bridgehead atoms. The number of hydrogen-bond acceptors (Lipinski definition) is 1. The van der Waals surface area contributed by atoms with Gasteiger partial charge in [-0.1, -0.05) is 18.2 Å². The zero-order valence-corrected chi connectivity index (χ0v) is 9.81. The standard InChI is InChI=1S/C14H12F3N/c1-18-8-9-7-10(15)5-6-11(9)12-3-2-4-13(16)14(12)17/h2-7,18H,8H2,1H3. The number of hydrogen-bond donors (Lipinski definition) is 1. The first-order valence-corrected chi connectivity index (χ1v) is 5.51. The van der Waals surface area contributed by atoms with Crippen LogP contribution < -0.4 is 5.32 Å². The van der Waals surface area contributed by atoms with Crippen LogP contribution in [0.15, 0.2) is 36.4 Å². The molecular formula is C14H12F3N. The summed E-state index contributed by atoms with van der Waals surface area (Å²) < 4.78 is 40.1. The van der Waals surface area contributed by atoms with Crippen LogP contribution in [0.25, 0.3) is 11.1 Å². The zero-order chi connectivity index (χ0) is 13.1. The highest BCUT2D eigenvalue weighted by Crippen LogP contribution is 2.28. The van der Waals surface area contributed by atoms with E-state index in [1.807, 2.05) is 0 Å². The molecule has 0 aliphatic rings. The van der Waals surface area contributed by atoms with Crippen molar-refractivity contribution in [3.8, 4) is 11.1 Å². The third kappa shape index (κ3) is 2.38. The summed E-state index contributed by atoms with van der Waals surface area (Å²) in [6.45, 7) is 0.378. The molecule has 0 aromatic heterocycles. The van der Waals surface area contributed by atoms with Gasteiger partial charge >= 0.3 is 0 Å². The Morgan fingerprint density at radius 3 is 2.50 bits per heavy atom. The van der Waals surface area contributed by atoms with Crippen LogP contribution in [-0.4, -0.2) is 7.05 Å². The van der Waals surface area contributed by atoms with E-state index in [4.69, 9.17) is 0 Å². The highest BCUT2D eigenvalue weighted by atomic mass is 19.2. The Bertz CT molecular complexity index is 567. The summed E-state index contributed by atoms with van der Waals surface area (Å²) in [7, 11) is 1.70. The SMILES string of the molecule is CNCc1cc(F)ccc1-c1cccc(F)c1F. The predicted octanol–water partition coefficient (Wildman–Crippen LogP) is 3.49. The lowest BCUT2D eigenvalue weighted by Gasteiger charge is -2.10. The molecule has 0 fully saturated rings. The van der Waals surface area contributed by atoms with Crippen molar-refractivity contribution in [1.82, 2.24) is 5.32 Å². The third-order valence-electron chi connectivity index (χ3n) is 2.68. The predicted molar refractivity (Wildman–Crippen MR) is 64.5 cm³/mol. The van der Waals surface area contributed by atoms with E-state index in [2.05, 4.69) is 5.32 Å². The van der Waals surface area contributed by atoms with Crippen LogP contribution in [0, 0.1) is 17.5 Å². The summed E-state index contributed by atoms with van der Waals surface area (Å²) in [5.41, 5.74) is 1.21. The average molecular weight is 251 g/mol. The molecule has 0 saturated heterocycles. The van der Waals surface area contributed by atoms with Gasteiger partial charge in [0.2, 0.25) is 0 Å². The van der Waals surface area contributed by atoms with E-state index in [1.54, 1.807) is 7.05 Å². The van der Waals surface area contributed by atoms with Gasteiger partial charge in [-0.2, -0.15) is 0 Å². The van der Waals surface area contributed by atoms with E-state index in [9.17, 15) is 13.2 Å². The molecule has 2 rings (SSSR count). The second-order valence-electron chi connectivity index (χ2n) is 3.93. The number of halogens is 3. The molecule has 1 nitrogen and oxygen atoms in total. The van der Waals surface area contributed by atoms with Gasteiger partial charge in [0.1, 0.15) is 5.82 Å². The molecule has 0 aliphatic heterocycles. The summed E-state index contributed by atoms with van der Waals surface area (Å²) in [5, 5.41) is 2.87. The van der Waals surface area contributed by atoms with E-state index < -0.39 is 17.5 Å². The van der Waals surface area contributed by atoms with E-state index in [0.717, 1.165) is 6.07 Å². The highest BCUT2D eigenvalue weighted by Gasteiger charge is 2.13. The minimum Gasteiger partial charge on any atom is -0.316 e. The summed E-state index contributed by atoms with van der Waals surface area (Å²) in [4.78, 5) is 0. The second kappa shape index (κ2) is 5.23. The van der Waals surface area contributed by atoms with Crippen molar-refractivity contribution in [2.24, 2.45) is 0 Å². The van der Waals surface area contributed by atoms with Crippen LogP contribution in [0.3, 0.4) is 0 Å². The zero-order valence-electron chi connectivity index (χ0n) is 9.81. The topological polar surface area (TPSA) is 12.0 Å². The van der Waals surface area contributed by atoms with E-state index in [0.29, 0.717) is 17.7 Å². The quantitative estimate of drug-likeness (QED) is 0.880. The van der Waals surface area contributed by atoms with E-state index in [-0.39, 0.29) is 5.56 Å². The maximum Gasteiger partial charge on any atom is 0.166 e. The first-order chi connectivity index (χ1) is 8.63. The molecule has 94 valence electrons. The molecular weight excluding hydrogens is 239 g/mol. The Morgan fingerprint density at radius 1 is 1.00 bits per heavy atom. The fourth-order valence-electron chi connectivity index (χ4n) is 1.87. The molecule has 18 heavy (non-hydrogen) atoms. The molecule has 0 unspecified atom stereocenters. The lowest BCUT2D eigenvalue weighted by Crippen LogP contribution is -2.07. The minimum absolute atomic E-state index is 0.139.